The zero-order chi connectivity index (χ0) is 8.13. The second kappa shape index (κ2) is 2.00. The molecule has 1 aromatic heterocycles. The molecule has 12 heavy (non-hydrogen) atoms. The van der Waals surface area contributed by atoms with Crippen molar-refractivity contribution in [2.24, 2.45) is 5.92 Å². The van der Waals surface area contributed by atoms with E-state index in [0.717, 1.165) is 11.8 Å². The Morgan fingerprint density at radius 1 is 1.58 bits per heavy atom. The molecule has 2 nitrogen and oxygen atoms in total. The van der Waals surface area contributed by atoms with Gasteiger partial charge < -0.3 is 5.32 Å². The second-order valence-electron chi connectivity index (χ2n) is 3.89. The molecule has 3 heterocycles. The van der Waals surface area contributed by atoms with Gasteiger partial charge in [0, 0.05) is 18.2 Å². The highest BCUT2D eigenvalue weighted by atomic mass is 15.0. The van der Waals surface area contributed by atoms with Crippen LogP contribution in [0.4, 0.5) is 5.69 Å². The van der Waals surface area contributed by atoms with Gasteiger partial charge in [-0.1, -0.05) is 6.92 Å². The van der Waals surface area contributed by atoms with E-state index in [-0.39, 0.29) is 0 Å². The van der Waals surface area contributed by atoms with Gasteiger partial charge in [-0.2, -0.15) is 0 Å². The molecule has 1 saturated carbocycles. The van der Waals surface area contributed by atoms with Gasteiger partial charge in [0.05, 0.1) is 11.4 Å². The molecule has 1 fully saturated rings. The highest BCUT2D eigenvalue weighted by Gasteiger charge is 2.44. The van der Waals surface area contributed by atoms with Crippen molar-refractivity contribution >= 4 is 5.69 Å². The van der Waals surface area contributed by atoms with E-state index >= 15 is 0 Å². The smallest absolute Gasteiger partial charge is 0.0669 e. The molecule has 3 atom stereocenters. The molecule has 1 aromatic rings. The Morgan fingerprint density at radius 2 is 2.50 bits per heavy atom. The van der Waals surface area contributed by atoms with Gasteiger partial charge in [0.2, 0.25) is 0 Å². The van der Waals surface area contributed by atoms with Crippen molar-refractivity contribution in [3.05, 3.63) is 24.0 Å². The number of pyridine rings is 1. The van der Waals surface area contributed by atoms with Gasteiger partial charge in [0.1, 0.15) is 0 Å². The van der Waals surface area contributed by atoms with E-state index in [9.17, 15) is 0 Å². The van der Waals surface area contributed by atoms with Gasteiger partial charge in [0.25, 0.3) is 0 Å². The molecule has 0 aromatic carbocycles. The van der Waals surface area contributed by atoms with Crippen molar-refractivity contribution in [2.75, 3.05) is 5.32 Å². The number of rotatable bonds is 0. The number of hydrogen-bond donors (Lipinski definition) is 1. The monoisotopic (exact) mass is 160 g/mol. The number of nitrogens with zero attached hydrogens (tertiary/aromatic N) is 1. The maximum Gasteiger partial charge on any atom is 0.0669 e. The lowest BCUT2D eigenvalue weighted by atomic mass is 9.65. The molecule has 2 heteroatoms. The van der Waals surface area contributed by atoms with Crippen molar-refractivity contribution in [3.8, 4) is 0 Å². The first kappa shape index (κ1) is 6.46. The molecule has 1 N–H and O–H groups in total. The zero-order valence-corrected chi connectivity index (χ0v) is 7.12. The van der Waals surface area contributed by atoms with Gasteiger partial charge in [-0.05, 0) is 24.5 Å². The Morgan fingerprint density at radius 3 is 3.33 bits per heavy atom. The molecule has 0 amide bonds. The summed E-state index contributed by atoms with van der Waals surface area (Å²) in [7, 11) is 0. The van der Waals surface area contributed by atoms with Crippen LogP contribution in [0.1, 0.15) is 25.0 Å². The van der Waals surface area contributed by atoms with E-state index in [0.29, 0.717) is 6.04 Å². The first-order chi connectivity index (χ1) is 5.86. The van der Waals surface area contributed by atoms with Crippen LogP contribution in [-0.2, 0) is 0 Å². The second-order valence-corrected chi connectivity index (χ2v) is 3.89. The van der Waals surface area contributed by atoms with Crippen LogP contribution in [0.25, 0.3) is 0 Å². The quantitative estimate of drug-likeness (QED) is 0.628. The van der Waals surface area contributed by atoms with Crippen LogP contribution in [0, 0.1) is 5.92 Å². The van der Waals surface area contributed by atoms with Gasteiger partial charge in [-0.3, -0.25) is 4.98 Å². The summed E-state index contributed by atoms with van der Waals surface area (Å²) in [6.45, 7) is 2.31. The largest absolute Gasteiger partial charge is 0.381 e. The minimum atomic E-state index is 0.715. The topological polar surface area (TPSA) is 24.9 Å². The summed E-state index contributed by atoms with van der Waals surface area (Å²) >= 11 is 0. The molecule has 0 spiro atoms. The minimum absolute atomic E-state index is 0.715. The number of nitrogens with one attached hydrogen (secondary N) is 1. The van der Waals surface area contributed by atoms with Crippen molar-refractivity contribution in [1.29, 1.82) is 0 Å². The maximum atomic E-state index is 4.43. The fraction of sp³-hybridized carbons (Fsp3) is 0.500. The number of aromatic nitrogens is 1. The van der Waals surface area contributed by atoms with Crippen molar-refractivity contribution in [3.63, 3.8) is 0 Å². The molecule has 62 valence electrons. The molecular formula is C10H12N2. The molecule has 2 aliphatic heterocycles. The Bertz CT molecular complexity index is 321. The molecule has 2 bridgehead atoms. The van der Waals surface area contributed by atoms with Crippen LogP contribution in [0.15, 0.2) is 18.3 Å². The molecular weight excluding hydrogens is 148 g/mol. The third-order valence-corrected chi connectivity index (χ3v) is 3.31. The van der Waals surface area contributed by atoms with E-state index < -0.39 is 0 Å². The standard InChI is InChI=1S/C10H12N2/c1-6-7-5-9(6)12-8-3-2-4-11-10(7)8/h2-4,6-7,9,12H,5H2,1H3. The van der Waals surface area contributed by atoms with Gasteiger partial charge in [-0.15, -0.1) is 0 Å². The predicted molar refractivity (Wildman–Crippen MR) is 48.2 cm³/mol. The minimum Gasteiger partial charge on any atom is -0.381 e. The summed E-state index contributed by atoms with van der Waals surface area (Å²) < 4.78 is 0. The van der Waals surface area contributed by atoms with Crippen LogP contribution in [0.5, 0.6) is 0 Å². The van der Waals surface area contributed by atoms with Gasteiger partial charge in [-0.25, -0.2) is 0 Å². The molecule has 4 rings (SSSR count). The van der Waals surface area contributed by atoms with Crippen molar-refractivity contribution in [1.82, 2.24) is 4.98 Å². The summed E-state index contributed by atoms with van der Waals surface area (Å²) in [6.07, 6.45) is 3.18. The zero-order valence-electron chi connectivity index (χ0n) is 7.12. The summed E-state index contributed by atoms with van der Waals surface area (Å²) in [5, 5.41) is 3.51. The normalized spacial score (nSPS) is 36.2. The molecule has 1 aliphatic carbocycles. The Hall–Kier alpha value is -1.05. The molecule has 3 aliphatic rings. The Balaban J connectivity index is 2.12. The van der Waals surface area contributed by atoms with Crippen LogP contribution < -0.4 is 5.32 Å². The third-order valence-electron chi connectivity index (χ3n) is 3.31. The lowest BCUT2D eigenvalue weighted by Crippen LogP contribution is -2.47. The predicted octanol–water partition coefficient (Wildman–Crippen LogP) is 2.00. The number of hydrogen-bond acceptors (Lipinski definition) is 2. The highest BCUT2D eigenvalue weighted by Crippen LogP contribution is 2.49. The molecule has 0 radical (unpaired) electrons. The molecule has 0 saturated heterocycles. The van der Waals surface area contributed by atoms with Crippen LogP contribution in [-0.4, -0.2) is 11.0 Å². The highest BCUT2D eigenvalue weighted by molar-refractivity contribution is 5.55. The maximum absolute atomic E-state index is 4.43. The summed E-state index contributed by atoms with van der Waals surface area (Å²) in [5.74, 6) is 1.51. The average Bonchev–Trinajstić information content (AvgIpc) is 2.16. The first-order valence-corrected chi connectivity index (χ1v) is 4.58. The van der Waals surface area contributed by atoms with Crippen LogP contribution >= 0.6 is 0 Å². The average molecular weight is 160 g/mol. The van der Waals surface area contributed by atoms with Gasteiger partial charge in [0.15, 0.2) is 0 Å². The Labute approximate surface area is 72.0 Å². The van der Waals surface area contributed by atoms with Gasteiger partial charge >= 0.3 is 0 Å². The van der Waals surface area contributed by atoms with E-state index in [4.69, 9.17) is 0 Å². The lowest BCUT2D eigenvalue weighted by molar-refractivity contribution is 0.226. The first-order valence-electron chi connectivity index (χ1n) is 4.58. The fourth-order valence-electron chi connectivity index (χ4n) is 2.37. The summed E-state index contributed by atoms with van der Waals surface area (Å²) in [6, 6.07) is 4.85. The van der Waals surface area contributed by atoms with E-state index in [2.05, 4.69) is 23.3 Å². The van der Waals surface area contributed by atoms with E-state index in [1.807, 2.05) is 12.3 Å². The van der Waals surface area contributed by atoms with Crippen LogP contribution in [0.3, 0.4) is 0 Å². The van der Waals surface area contributed by atoms with Crippen molar-refractivity contribution in [2.45, 2.75) is 25.3 Å². The Kier molecular flexibility index (Phi) is 1.08. The summed E-state index contributed by atoms with van der Waals surface area (Å²) in [5.41, 5.74) is 2.55. The molecule has 3 unspecified atom stereocenters. The fourth-order valence-corrected chi connectivity index (χ4v) is 2.37. The van der Waals surface area contributed by atoms with Crippen molar-refractivity contribution < 1.29 is 0 Å². The van der Waals surface area contributed by atoms with E-state index in [1.54, 1.807) is 0 Å². The summed E-state index contributed by atoms with van der Waals surface area (Å²) in [4.78, 5) is 4.43. The lowest BCUT2D eigenvalue weighted by Gasteiger charge is -2.48. The SMILES string of the molecule is CC1C2CC1c1ncccc1N2. The third kappa shape index (κ3) is 0.631. The van der Waals surface area contributed by atoms with E-state index in [1.165, 1.54) is 17.8 Å². The van der Waals surface area contributed by atoms with Crippen LogP contribution in [0.2, 0.25) is 0 Å². The number of anilines is 1.